The number of halogens is 3. The second-order valence-electron chi connectivity index (χ2n) is 5.92. The van der Waals surface area contributed by atoms with E-state index in [4.69, 9.17) is 45.3 Å². The predicted molar refractivity (Wildman–Crippen MR) is 115 cm³/mol. The van der Waals surface area contributed by atoms with Crippen molar-refractivity contribution in [3.8, 4) is 11.5 Å². The SMILES string of the molecule is NCCN(C(=O)c1ccc(Cl)cc1Cl)c1ccc(Oc2cccc(Cl)c2)cc1. The minimum atomic E-state index is -0.254. The normalized spacial score (nSPS) is 10.6. The lowest BCUT2D eigenvalue weighted by Gasteiger charge is -2.23. The Morgan fingerprint density at radius 2 is 1.61 bits per heavy atom. The van der Waals surface area contributed by atoms with Crippen molar-refractivity contribution in [1.29, 1.82) is 0 Å². The Kier molecular flexibility index (Phi) is 6.81. The van der Waals surface area contributed by atoms with E-state index in [9.17, 15) is 4.79 Å². The molecule has 2 N–H and O–H groups in total. The highest BCUT2D eigenvalue weighted by molar-refractivity contribution is 6.37. The summed E-state index contributed by atoms with van der Waals surface area (Å²) >= 11 is 18.1. The van der Waals surface area contributed by atoms with Crippen LogP contribution >= 0.6 is 34.8 Å². The van der Waals surface area contributed by atoms with Crippen LogP contribution in [0.15, 0.2) is 66.7 Å². The van der Waals surface area contributed by atoms with Crippen LogP contribution in [0.3, 0.4) is 0 Å². The molecule has 1 amide bonds. The van der Waals surface area contributed by atoms with E-state index in [1.54, 1.807) is 59.5 Å². The average molecular weight is 436 g/mol. The van der Waals surface area contributed by atoms with Gasteiger partial charge in [-0.1, -0.05) is 40.9 Å². The summed E-state index contributed by atoms with van der Waals surface area (Å²) in [6.45, 7) is 0.643. The van der Waals surface area contributed by atoms with Crippen LogP contribution < -0.4 is 15.4 Å². The van der Waals surface area contributed by atoms with Crippen molar-refractivity contribution < 1.29 is 9.53 Å². The zero-order valence-corrected chi connectivity index (χ0v) is 17.0. The average Bonchev–Trinajstić information content (AvgIpc) is 2.66. The van der Waals surface area contributed by atoms with Gasteiger partial charge in [0.15, 0.2) is 0 Å². The summed E-state index contributed by atoms with van der Waals surface area (Å²) in [5.74, 6) is 0.995. The van der Waals surface area contributed by atoms with Gasteiger partial charge in [0.1, 0.15) is 11.5 Å². The first-order valence-corrected chi connectivity index (χ1v) is 9.62. The summed E-state index contributed by atoms with van der Waals surface area (Å²) in [5, 5.41) is 1.35. The Labute approximate surface area is 178 Å². The van der Waals surface area contributed by atoms with Gasteiger partial charge in [-0.2, -0.15) is 0 Å². The van der Waals surface area contributed by atoms with Crippen LogP contribution in [-0.4, -0.2) is 19.0 Å². The molecule has 0 unspecified atom stereocenters. The highest BCUT2D eigenvalue weighted by atomic mass is 35.5. The zero-order chi connectivity index (χ0) is 20.1. The highest BCUT2D eigenvalue weighted by Crippen LogP contribution is 2.28. The second-order valence-corrected chi connectivity index (χ2v) is 7.20. The van der Waals surface area contributed by atoms with Gasteiger partial charge in [-0.25, -0.2) is 0 Å². The van der Waals surface area contributed by atoms with Crippen LogP contribution in [0.1, 0.15) is 10.4 Å². The van der Waals surface area contributed by atoms with Gasteiger partial charge in [-0.3, -0.25) is 4.79 Å². The number of rotatable bonds is 6. The van der Waals surface area contributed by atoms with Crippen LogP contribution in [-0.2, 0) is 0 Å². The number of amides is 1. The Morgan fingerprint density at radius 1 is 0.893 bits per heavy atom. The molecule has 0 aliphatic rings. The fourth-order valence-electron chi connectivity index (χ4n) is 2.65. The Bertz CT molecular complexity index is 978. The van der Waals surface area contributed by atoms with Gasteiger partial charge in [0.05, 0.1) is 10.6 Å². The van der Waals surface area contributed by atoms with Gasteiger partial charge in [-0.15, -0.1) is 0 Å². The van der Waals surface area contributed by atoms with Crippen molar-refractivity contribution in [1.82, 2.24) is 0 Å². The van der Waals surface area contributed by atoms with Gasteiger partial charge >= 0.3 is 0 Å². The van der Waals surface area contributed by atoms with Gasteiger partial charge in [-0.05, 0) is 60.7 Å². The fraction of sp³-hybridized carbons (Fsp3) is 0.0952. The predicted octanol–water partition coefficient (Wildman–Crippen LogP) is 6.04. The van der Waals surface area contributed by atoms with Gasteiger partial charge < -0.3 is 15.4 Å². The van der Waals surface area contributed by atoms with E-state index >= 15 is 0 Å². The summed E-state index contributed by atoms with van der Waals surface area (Å²) in [4.78, 5) is 14.5. The Balaban J connectivity index is 1.83. The molecule has 3 rings (SSSR count). The van der Waals surface area contributed by atoms with Gasteiger partial charge in [0, 0.05) is 28.8 Å². The topological polar surface area (TPSA) is 55.6 Å². The quantitative estimate of drug-likeness (QED) is 0.513. The molecule has 3 aromatic rings. The fourth-order valence-corrected chi connectivity index (χ4v) is 3.32. The van der Waals surface area contributed by atoms with E-state index in [0.717, 1.165) is 0 Å². The number of nitrogens with two attached hydrogens (primary N) is 1. The molecule has 144 valence electrons. The van der Waals surface area contributed by atoms with E-state index in [2.05, 4.69) is 0 Å². The van der Waals surface area contributed by atoms with E-state index in [0.29, 0.717) is 50.9 Å². The lowest BCUT2D eigenvalue weighted by molar-refractivity contribution is 0.0987. The van der Waals surface area contributed by atoms with E-state index in [1.165, 1.54) is 0 Å². The third-order valence-electron chi connectivity index (χ3n) is 3.94. The van der Waals surface area contributed by atoms with E-state index in [-0.39, 0.29) is 5.91 Å². The molecule has 0 aliphatic carbocycles. The van der Waals surface area contributed by atoms with Gasteiger partial charge in [0.25, 0.3) is 5.91 Å². The molecule has 0 radical (unpaired) electrons. The molecule has 0 aromatic heterocycles. The number of benzene rings is 3. The largest absolute Gasteiger partial charge is 0.457 e. The summed E-state index contributed by atoms with van der Waals surface area (Å²) in [7, 11) is 0. The molecule has 0 bridgehead atoms. The molecule has 0 saturated carbocycles. The maximum absolute atomic E-state index is 13.0. The van der Waals surface area contributed by atoms with Crippen molar-refractivity contribution in [3.05, 3.63) is 87.4 Å². The maximum Gasteiger partial charge on any atom is 0.259 e. The first-order valence-electron chi connectivity index (χ1n) is 8.48. The van der Waals surface area contributed by atoms with Crippen molar-refractivity contribution >= 4 is 46.4 Å². The lowest BCUT2D eigenvalue weighted by atomic mass is 10.1. The summed E-state index contributed by atoms with van der Waals surface area (Å²) in [6.07, 6.45) is 0. The van der Waals surface area contributed by atoms with Crippen LogP contribution in [0.25, 0.3) is 0 Å². The molecule has 0 atom stereocenters. The molecule has 28 heavy (non-hydrogen) atoms. The first-order chi connectivity index (χ1) is 13.5. The third kappa shape index (κ3) is 4.97. The van der Waals surface area contributed by atoms with Crippen molar-refractivity contribution in [2.45, 2.75) is 0 Å². The molecule has 3 aromatic carbocycles. The van der Waals surface area contributed by atoms with Crippen LogP contribution in [0.4, 0.5) is 5.69 Å². The first kappa shape index (κ1) is 20.5. The number of carbonyl (C=O) groups excluding carboxylic acids is 1. The Hall–Kier alpha value is -2.24. The molecular weight excluding hydrogens is 419 g/mol. The molecular formula is C21H17Cl3N2O2. The van der Waals surface area contributed by atoms with Gasteiger partial charge in [0.2, 0.25) is 0 Å². The van der Waals surface area contributed by atoms with Crippen LogP contribution in [0.5, 0.6) is 11.5 Å². The summed E-state index contributed by atoms with van der Waals surface area (Å²) in [6, 6.07) is 19.0. The maximum atomic E-state index is 13.0. The molecule has 0 aliphatic heterocycles. The molecule has 0 heterocycles. The number of anilines is 1. The molecule has 0 spiro atoms. The minimum absolute atomic E-state index is 0.254. The number of carbonyl (C=O) groups is 1. The summed E-state index contributed by atoms with van der Waals surface area (Å²) in [5.41, 5.74) is 6.75. The molecule has 0 fully saturated rings. The second kappa shape index (κ2) is 9.30. The lowest BCUT2D eigenvalue weighted by Crippen LogP contribution is -2.35. The zero-order valence-electron chi connectivity index (χ0n) is 14.7. The number of hydrogen-bond acceptors (Lipinski definition) is 3. The molecule has 7 heteroatoms. The van der Waals surface area contributed by atoms with Crippen molar-refractivity contribution in [2.24, 2.45) is 5.73 Å². The monoisotopic (exact) mass is 434 g/mol. The summed E-state index contributed by atoms with van der Waals surface area (Å²) < 4.78 is 5.78. The third-order valence-corrected chi connectivity index (χ3v) is 4.72. The minimum Gasteiger partial charge on any atom is -0.457 e. The Morgan fingerprint density at radius 3 is 2.25 bits per heavy atom. The van der Waals surface area contributed by atoms with Crippen molar-refractivity contribution in [3.63, 3.8) is 0 Å². The van der Waals surface area contributed by atoms with E-state index in [1.807, 2.05) is 12.1 Å². The number of ether oxygens (including phenoxy) is 1. The molecule has 0 saturated heterocycles. The number of hydrogen-bond donors (Lipinski definition) is 1. The smallest absolute Gasteiger partial charge is 0.259 e. The standard InChI is InChI=1S/C21H17Cl3N2O2/c22-14-2-1-3-18(12-14)28-17-7-5-16(6-8-17)26(11-10-25)21(27)19-9-4-15(23)13-20(19)24/h1-9,12-13H,10-11,25H2. The van der Waals surface area contributed by atoms with Crippen LogP contribution in [0, 0.1) is 0 Å². The van der Waals surface area contributed by atoms with E-state index < -0.39 is 0 Å². The highest BCUT2D eigenvalue weighted by Gasteiger charge is 2.20. The van der Waals surface area contributed by atoms with Crippen LogP contribution in [0.2, 0.25) is 15.1 Å². The molecule has 4 nitrogen and oxygen atoms in total. The van der Waals surface area contributed by atoms with Crippen molar-refractivity contribution in [2.75, 3.05) is 18.0 Å². The number of nitrogens with zero attached hydrogens (tertiary/aromatic N) is 1.